The van der Waals surface area contributed by atoms with Gasteiger partial charge >= 0.3 is 0 Å². The van der Waals surface area contributed by atoms with E-state index in [0.29, 0.717) is 6.54 Å². The average molecular weight is 114 g/mol. The van der Waals surface area contributed by atoms with E-state index in [2.05, 4.69) is 13.8 Å². The summed E-state index contributed by atoms with van der Waals surface area (Å²) < 4.78 is 0. The smallest absolute Gasteiger partial charge is 0.00997 e. The highest BCUT2D eigenvalue weighted by Gasteiger charge is 1.90. The Morgan fingerprint density at radius 2 is 1.88 bits per heavy atom. The van der Waals surface area contributed by atoms with E-state index >= 15 is 0 Å². The van der Waals surface area contributed by atoms with Crippen LogP contribution in [0.1, 0.15) is 33.1 Å². The standard InChI is InChI=1S/C7H16N/c1-7(2)5-3-4-6-8/h7-8H,3-6H2,1-2H3. The highest BCUT2D eigenvalue weighted by atomic mass is 14.5. The molecule has 0 saturated carbocycles. The van der Waals surface area contributed by atoms with Crippen LogP contribution in [0.3, 0.4) is 0 Å². The monoisotopic (exact) mass is 114 g/mol. The molecule has 0 spiro atoms. The van der Waals surface area contributed by atoms with Gasteiger partial charge in [-0.25, -0.2) is 0 Å². The second-order valence-corrected chi connectivity index (χ2v) is 2.64. The average Bonchev–Trinajstić information content (AvgIpc) is 1.66. The number of rotatable bonds is 4. The highest BCUT2D eigenvalue weighted by Crippen LogP contribution is 2.04. The first-order chi connectivity index (χ1) is 3.77. The molecule has 1 heteroatoms. The number of hydrogen-bond acceptors (Lipinski definition) is 0. The van der Waals surface area contributed by atoms with Gasteiger partial charge in [0.05, 0.1) is 0 Å². The van der Waals surface area contributed by atoms with Crippen molar-refractivity contribution >= 4 is 0 Å². The third-order valence-electron chi connectivity index (χ3n) is 1.21. The number of hydrogen-bond donors (Lipinski definition) is 0. The molecule has 0 aliphatic heterocycles. The van der Waals surface area contributed by atoms with Gasteiger partial charge in [-0.05, 0) is 12.3 Å². The van der Waals surface area contributed by atoms with Crippen LogP contribution in [0.4, 0.5) is 0 Å². The lowest BCUT2D eigenvalue weighted by Crippen LogP contribution is -1.89. The maximum atomic E-state index is 6.85. The molecule has 0 saturated heterocycles. The van der Waals surface area contributed by atoms with Gasteiger partial charge < -0.3 is 0 Å². The van der Waals surface area contributed by atoms with E-state index in [1.54, 1.807) is 0 Å². The van der Waals surface area contributed by atoms with Crippen molar-refractivity contribution in [1.29, 1.82) is 0 Å². The van der Waals surface area contributed by atoms with Crippen LogP contribution in [0.25, 0.3) is 0 Å². The zero-order valence-electron chi connectivity index (χ0n) is 5.91. The minimum absolute atomic E-state index is 0.604. The van der Waals surface area contributed by atoms with Gasteiger partial charge in [-0.2, -0.15) is 0 Å². The Morgan fingerprint density at radius 3 is 2.25 bits per heavy atom. The summed E-state index contributed by atoms with van der Waals surface area (Å²) in [6.07, 6.45) is 3.61. The molecule has 8 heavy (non-hydrogen) atoms. The molecule has 1 nitrogen and oxygen atoms in total. The van der Waals surface area contributed by atoms with Gasteiger partial charge in [0, 0.05) is 6.54 Å². The van der Waals surface area contributed by atoms with Crippen LogP contribution in [0.15, 0.2) is 0 Å². The molecule has 0 aromatic heterocycles. The van der Waals surface area contributed by atoms with Crippen molar-refractivity contribution in [1.82, 2.24) is 5.73 Å². The number of unbranched alkanes of at least 4 members (excludes halogenated alkanes) is 1. The molecule has 0 aliphatic rings. The predicted octanol–water partition coefficient (Wildman–Crippen LogP) is 2.10. The molecule has 0 bridgehead atoms. The van der Waals surface area contributed by atoms with Crippen LogP contribution in [0, 0.1) is 5.92 Å². The molecule has 0 heterocycles. The van der Waals surface area contributed by atoms with E-state index in [4.69, 9.17) is 5.73 Å². The second-order valence-electron chi connectivity index (χ2n) is 2.64. The van der Waals surface area contributed by atoms with Crippen molar-refractivity contribution in [3.63, 3.8) is 0 Å². The van der Waals surface area contributed by atoms with Crippen LogP contribution in [-0.4, -0.2) is 6.54 Å². The molecular weight excluding hydrogens is 98.1 g/mol. The first-order valence-electron chi connectivity index (χ1n) is 3.42. The Labute approximate surface area is 52.3 Å². The second kappa shape index (κ2) is 5.10. The van der Waals surface area contributed by atoms with E-state index in [-0.39, 0.29) is 0 Å². The normalized spacial score (nSPS) is 10.5. The van der Waals surface area contributed by atoms with Crippen LogP contribution in [0.5, 0.6) is 0 Å². The van der Waals surface area contributed by atoms with E-state index in [0.717, 1.165) is 12.3 Å². The van der Waals surface area contributed by atoms with Gasteiger partial charge in [-0.15, -0.1) is 0 Å². The Hall–Kier alpha value is -0.0400. The van der Waals surface area contributed by atoms with Crippen LogP contribution >= 0.6 is 0 Å². The van der Waals surface area contributed by atoms with Crippen molar-refractivity contribution in [3.8, 4) is 0 Å². The molecule has 0 atom stereocenters. The minimum Gasteiger partial charge on any atom is -0.258 e. The first-order valence-corrected chi connectivity index (χ1v) is 3.42. The first kappa shape index (κ1) is 7.96. The molecule has 1 radical (unpaired) electrons. The van der Waals surface area contributed by atoms with Gasteiger partial charge in [-0.3, -0.25) is 5.73 Å². The van der Waals surface area contributed by atoms with Crippen molar-refractivity contribution in [3.05, 3.63) is 0 Å². The fourth-order valence-electron chi connectivity index (χ4n) is 0.678. The third kappa shape index (κ3) is 5.96. The SMILES string of the molecule is CC(C)CCCC[NH]. The van der Waals surface area contributed by atoms with Crippen molar-refractivity contribution in [2.24, 2.45) is 5.92 Å². The quantitative estimate of drug-likeness (QED) is 0.500. The Bertz CT molecular complexity index is 41.7. The summed E-state index contributed by atoms with van der Waals surface area (Å²) in [5, 5.41) is 0. The summed E-state index contributed by atoms with van der Waals surface area (Å²) in [6.45, 7) is 5.06. The summed E-state index contributed by atoms with van der Waals surface area (Å²) >= 11 is 0. The molecule has 0 rings (SSSR count). The lowest BCUT2D eigenvalue weighted by molar-refractivity contribution is 0.540. The maximum Gasteiger partial charge on any atom is 0.00997 e. The fourth-order valence-corrected chi connectivity index (χ4v) is 0.678. The van der Waals surface area contributed by atoms with Gasteiger partial charge in [0.2, 0.25) is 0 Å². The molecular formula is C7H16N. The van der Waals surface area contributed by atoms with Crippen molar-refractivity contribution < 1.29 is 0 Å². The molecule has 49 valence electrons. The van der Waals surface area contributed by atoms with Crippen LogP contribution in [-0.2, 0) is 0 Å². The van der Waals surface area contributed by atoms with Crippen molar-refractivity contribution in [2.75, 3.05) is 6.54 Å². The molecule has 0 unspecified atom stereocenters. The Kier molecular flexibility index (Phi) is 5.08. The van der Waals surface area contributed by atoms with E-state index in [1.165, 1.54) is 12.8 Å². The van der Waals surface area contributed by atoms with Gasteiger partial charge in [0.1, 0.15) is 0 Å². The summed E-state index contributed by atoms with van der Waals surface area (Å²) in [7, 11) is 0. The minimum atomic E-state index is 0.604. The summed E-state index contributed by atoms with van der Waals surface area (Å²) in [4.78, 5) is 0. The molecule has 1 N–H and O–H groups in total. The summed E-state index contributed by atoms with van der Waals surface area (Å²) in [5.41, 5.74) is 6.85. The largest absolute Gasteiger partial charge is 0.258 e. The molecule has 0 aromatic rings. The lowest BCUT2D eigenvalue weighted by atomic mass is 10.1. The topological polar surface area (TPSA) is 23.8 Å². The Balaban J connectivity index is 2.72. The van der Waals surface area contributed by atoms with Crippen LogP contribution < -0.4 is 5.73 Å². The molecule has 0 amide bonds. The van der Waals surface area contributed by atoms with Gasteiger partial charge in [0.25, 0.3) is 0 Å². The van der Waals surface area contributed by atoms with E-state index < -0.39 is 0 Å². The van der Waals surface area contributed by atoms with E-state index in [1.807, 2.05) is 0 Å². The van der Waals surface area contributed by atoms with E-state index in [9.17, 15) is 0 Å². The Morgan fingerprint density at radius 1 is 1.25 bits per heavy atom. The molecule has 0 fully saturated rings. The van der Waals surface area contributed by atoms with Crippen molar-refractivity contribution in [2.45, 2.75) is 33.1 Å². The molecule has 0 aromatic carbocycles. The zero-order valence-corrected chi connectivity index (χ0v) is 5.91. The summed E-state index contributed by atoms with van der Waals surface area (Å²) in [6, 6.07) is 0. The fraction of sp³-hybridized carbons (Fsp3) is 1.00. The van der Waals surface area contributed by atoms with Crippen LogP contribution in [0.2, 0.25) is 0 Å². The summed E-state index contributed by atoms with van der Waals surface area (Å²) in [5.74, 6) is 0.821. The number of nitrogens with one attached hydrogen (secondary N) is 1. The lowest BCUT2D eigenvalue weighted by Gasteiger charge is -2.00. The zero-order chi connectivity index (χ0) is 6.41. The van der Waals surface area contributed by atoms with Gasteiger partial charge in [0.15, 0.2) is 0 Å². The predicted molar refractivity (Wildman–Crippen MR) is 36.7 cm³/mol. The highest BCUT2D eigenvalue weighted by molar-refractivity contribution is 4.45. The molecule has 0 aliphatic carbocycles. The van der Waals surface area contributed by atoms with Gasteiger partial charge in [-0.1, -0.05) is 26.7 Å². The third-order valence-corrected chi connectivity index (χ3v) is 1.21. The maximum absolute atomic E-state index is 6.85.